The van der Waals surface area contributed by atoms with Gasteiger partial charge < -0.3 is 10.2 Å². The van der Waals surface area contributed by atoms with Gasteiger partial charge in [-0.25, -0.2) is 0 Å². The Bertz CT molecular complexity index is 622. The molecular formula is C27H46O2. The summed E-state index contributed by atoms with van der Waals surface area (Å²) in [4.78, 5) is 0. The van der Waals surface area contributed by atoms with E-state index in [0.29, 0.717) is 10.8 Å². The number of hydrogen-bond donors (Lipinski definition) is 2. The van der Waals surface area contributed by atoms with E-state index in [9.17, 15) is 10.2 Å². The Labute approximate surface area is 179 Å². The van der Waals surface area contributed by atoms with Crippen LogP contribution in [0.15, 0.2) is 0 Å². The van der Waals surface area contributed by atoms with Crippen molar-refractivity contribution in [3.63, 3.8) is 0 Å². The maximum Gasteiger partial charge on any atom is 0.0650 e. The molecule has 0 spiro atoms. The van der Waals surface area contributed by atoms with Crippen LogP contribution in [0.3, 0.4) is 0 Å². The van der Waals surface area contributed by atoms with E-state index in [4.69, 9.17) is 0 Å². The van der Waals surface area contributed by atoms with E-state index in [1.807, 2.05) is 0 Å². The molecule has 0 heterocycles. The van der Waals surface area contributed by atoms with Crippen molar-refractivity contribution in [2.24, 2.45) is 40.4 Å². The fraction of sp³-hybridized carbons (Fsp3) is 1.00. The molecule has 0 radical (unpaired) electrons. The Kier molecular flexibility index (Phi) is 4.99. The van der Waals surface area contributed by atoms with Gasteiger partial charge in [0.05, 0.1) is 11.2 Å². The molecule has 0 aromatic carbocycles. The third-order valence-corrected chi connectivity index (χ3v) is 11.4. The molecule has 2 heteroatoms. The van der Waals surface area contributed by atoms with Gasteiger partial charge in [0.15, 0.2) is 0 Å². The normalized spacial score (nSPS) is 53.1. The molecule has 5 rings (SSSR count). The summed E-state index contributed by atoms with van der Waals surface area (Å²) in [6.45, 7) is 7.36. The van der Waals surface area contributed by atoms with Crippen LogP contribution >= 0.6 is 0 Å². The highest BCUT2D eigenvalue weighted by Gasteiger charge is 2.60. The van der Waals surface area contributed by atoms with Gasteiger partial charge in [-0.2, -0.15) is 0 Å². The van der Waals surface area contributed by atoms with Gasteiger partial charge in [0.25, 0.3) is 0 Å². The molecule has 5 aliphatic rings. The minimum atomic E-state index is -0.410. The van der Waals surface area contributed by atoms with Gasteiger partial charge in [0.1, 0.15) is 0 Å². The van der Waals surface area contributed by atoms with Gasteiger partial charge in [-0.05, 0) is 131 Å². The van der Waals surface area contributed by atoms with Crippen LogP contribution < -0.4 is 0 Å². The van der Waals surface area contributed by atoms with E-state index in [0.717, 1.165) is 61.7 Å². The summed E-state index contributed by atoms with van der Waals surface area (Å²) in [7, 11) is 0. The number of rotatable bonds is 5. The molecule has 166 valence electrons. The fourth-order valence-electron chi connectivity index (χ4n) is 9.25. The summed E-state index contributed by atoms with van der Waals surface area (Å²) in [6.07, 6.45) is 19.1. The fourth-order valence-corrected chi connectivity index (χ4v) is 9.25. The van der Waals surface area contributed by atoms with E-state index in [1.165, 1.54) is 64.2 Å². The molecule has 2 nitrogen and oxygen atoms in total. The van der Waals surface area contributed by atoms with E-state index in [-0.39, 0.29) is 5.60 Å². The lowest BCUT2D eigenvalue weighted by Crippen LogP contribution is -2.55. The van der Waals surface area contributed by atoms with Gasteiger partial charge in [0.2, 0.25) is 0 Å². The van der Waals surface area contributed by atoms with E-state index >= 15 is 0 Å². The van der Waals surface area contributed by atoms with E-state index in [1.54, 1.807) is 0 Å². The molecule has 8 atom stereocenters. The first-order chi connectivity index (χ1) is 13.7. The molecule has 0 aromatic rings. The quantitative estimate of drug-likeness (QED) is 0.517. The van der Waals surface area contributed by atoms with Crippen LogP contribution in [0.5, 0.6) is 0 Å². The summed E-state index contributed by atoms with van der Waals surface area (Å²) in [5.41, 5.74) is 0.413. The van der Waals surface area contributed by atoms with Crippen molar-refractivity contribution in [2.75, 3.05) is 0 Å². The van der Waals surface area contributed by atoms with Crippen molar-refractivity contribution in [3.05, 3.63) is 0 Å². The molecule has 5 saturated carbocycles. The highest BCUT2D eigenvalue weighted by atomic mass is 16.3. The Balaban J connectivity index is 1.24. The lowest BCUT2D eigenvalue weighted by molar-refractivity contribution is -0.146. The molecule has 0 aromatic heterocycles. The molecule has 0 bridgehead atoms. The number of hydrogen-bond acceptors (Lipinski definition) is 2. The van der Waals surface area contributed by atoms with Crippen molar-refractivity contribution in [1.29, 1.82) is 0 Å². The van der Waals surface area contributed by atoms with E-state index < -0.39 is 5.60 Å². The second kappa shape index (κ2) is 6.96. The van der Waals surface area contributed by atoms with Gasteiger partial charge in [-0.15, -0.1) is 0 Å². The third kappa shape index (κ3) is 3.53. The topological polar surface area (TPSA) is 40.5 Å². The van der Waals surface area contributed by atoms with Gasteiger partial charge in [0, 0.05) is 0 Å². The molecule has 2 N–H and O–H groups in total. The first kappa shape index (κ1) is 20.8. The van der Waals surface area contributed by atoms with Crippen LogP contribution in [0.25, 0.3) is 0 Å². The maximum absolute atomic E-state index is 10.7. The molecule has 0 aliphatic heterocycles. The molecule has 0 saturated heterocycles. The summed E-state index contributed by atoms with van der Waals surface area (Å²) in [5.74, 6) is 4.51. The first-order valence-corrected chi connectivity index (χ1v) is 13.1. The molecule has 5 fully saturated rings. The van der Waals surface area contributed by atoms with Crippen molar-refractivity contribution >= 4 is 0 Å². The Morgan fingerprint density at radius 1 is 0.724 bits per heavy atom. The standard InChI is InChI=1S/C27H46O2/c1-24(28)14-15-26(3)20(18-24)7-9-21-22-10-8-19(25(22,2)13-11-23(21)26)6-4-5-12-27(29)16-17-27/h19-23,28-29H,4-18H2,1-3H3/t19-,20?,21?,22?,23?,24-,25?,26?/m0/s1. The Morgan fingerprint density at radius 3 is 2.24 bits per heavy atom. The lowest BCUT2D eigenvalue weighted by atomic mass is 9.44. The van der Waals surface area contributed by atoms with Crippen molar-refractivity contribution in [2.45, 2.75) is 128 Å². The molecule has 0 amide bonds. The number of unbranched alkanes of at least 4 members (excludes halogenated alkanes) is 1. The van der Waals surface area contributed by atoms with Gasteiger partial charge in [-0.1, -0.05) is 26.7 Å². The monoisotopic (exact) mass is 402 g/mol. The van der Waals surface area contributed by atoms with Crippen molar-refractivity contribution in [3.8, 4) is 0 Å². The molecule has 6 unspecified atom stereocenters. The summed E-state index contributed by atoms with van der Waals surface area (Å²) < 4.78 is 0. The highest BCUT2D eigenvalue weighted by molar-refractivity contribution is 5.10. The van der Waals surface area contributed by atoms with Crippen molar-refractivity contribution < 1.29 is 10.2 Å². The average Bonchev–Trinajstić information content (AvgIpc) is 3.30. The SMILES string of the molecule is CC12CC[C@](C)(O)CC1CCC1C2CCC2(C)C1CC[C@@H]2CCCCC1(O)CC1. The Morgan fingerprint density at radius 2 is 1.48 bits per heavy atom. The average molecular weight is 403 g/mol. The van der Waals surface area contributed by atoms with Crippen LogP contribution in [0.4, 0.5) is 0 Å². The second-order valence-corrected chi connectivity index (χ2v) is 13.1. The number of fused-ring (bicyclic) bond motifs is 5. The van der Waals surface area contributed by atoms with Crippen LogP contribution in [-0.2, 0) is 0 Å². The zero-order valence-electron chi connectivity index (χ0n) is 19.4. The Hall–Kier alpha value is -0.0800. The highest BCUT2D eigenvalue weighted by Crippen LogP contribution is 2.68. The van der Waals surface area contributed by atoms with Crippen molar-refractivity contribution in [1.82, 2.24) is 0 Å². The van der Waals surface area contributed by atoms with Gasteiger partial charge in [-0.3, -0.25) is 0 Å². The lowest BCUT2D eigenvalue weighted by Gasteiger charge is -2.62. The summed E-state index contributed by atoms with van der Waals surface area (Å²) in [5, 5.41) is 20.8. The third-order valence-electron chi connectivity index (χ3n) is 11.4. The predicted molar refractivity (Wildman–Crippen MR) is 118 cm³/mol. The zero-order chi connectivity index (χ0) is 20.5. The minimum Gasteiger partial charge on any atom is -0.390 e. The minimum absolute atomic E-state index is 0.251. The first-order valence-electron chi connectivity index (χ1n) is 13.1. The second-order valence-electron chi connectivity index (χ2n) is 13.1. The summed E-state index contributed by atoms with van der Waals surface area (Å²) >= 11 is 0. The predicted octanol–water partition coefficient (Wildman–Crippen LogP) is 6.48. The van der Waals surface area contributed by atoms with E-state index in [2.05, 4.69) is 20.8 Å². The van der Waals surface area contributed by atoms with Crippen LogP contribution in [0.2, 0.25) is 0 Å². The largest absolute Gasteiger partial charge is 0.390 e. The summed E-state index contributed by atoms with van der Waals surface area (Å²) in [6, 6.07) is 0. The molecular weight excluding hydrogens is 356 g/mol. The smallest absolute Gasteiger partial charge is 0.0650 e. The molecule has 5 aliphatic carbocycles. The number of aliphatic hydroxyl groups is 2. The van der Waals surface area contributed by atoms with Gasteiger partial charge >= 0.3 is 0 Å². The zero-order valence-corrected chi connectivity index (χ0v) is 19.4. The van der Waals surface area contributed by atoms with Crippen LogP contribution in [0, 0.1) is 40.4 Å². The van der Waals surface area contributed by atoms with Crippen LogP contribution in [0.1, 0.15) is 117 Å². The molecule has 29 heavy (non-hydrogen) atoms. The van der Waals surface area contributed by atoms with Crippen LogP contribution in [-0.4, -0.2) is 21.4 Å². The maximum atomic E-state index is 10.7.